The molecule has 0 atom stereocenters. The maximum Gasteiger partial charge on any atom is 0.417 e. The lowest BCUT2D eigenvalue weighted by Crippen LogP contribution is -2.21. The predicted octanol–water partition coefficient (Wildman–Crippen LogP) is 7.18. The van der Waals surface area contributed by atoms with E-state index in [0.717, 1.165) is 58.5 Å². The molecule has 168 valence electrons. The number of rotatable bonds is 8. The summed E-state index contributed by atoms with van der Waals surface area (Å²) in [7, 11) is 0. The zero-order valence-electron chi connectivity index (χ0n) is 17.1. The highest BCUT2D eigenvalue weighted by Gasteiger charge is 2.17. The van der Waals surface area contributed by atoms with Gasteiger partial charge in [0.1, 0.15) is 6.61 Å². The number of halogens is 3. The Morgan fingerprint density at radius 2 is 1.84 bits per heavy atom. The van der Waals surface area contributed by atoms with E-state index in [1.54, 1.807) is 24.3 Å². The minimum absolute atomic E-state index is 0.126. The highest BCUT2D eigenvalue weighted by molar-refractivity contribution is 7.98. The van der Waals surface area contributed by atoms with Crippen molar-refractivity contribution in [2.24, 2.45) is 0 Å². The molecule has 1 aliphatic rings. The van der Waals surface area contributed by atoms with E-state index in [1.165, 1.54) is 6.21 Å². The van der Waals surface area contributed by atoms with E-state index in [1.807, 2.05) is 24.3 Å². The Morgan fingerprint density at radius 3 is 2.56 bits per heavy atom. The van der Waals surface area contributed by atoms with Gasteiger partial charge < -0.3 is 15.5 Å². The fourth-order valence-corrected chi connectivity index (χ4v) is 4.33. The smallest absolute Gasteiger partial charge is 0.417 e. The largest absolute Gasteiger partial charge is 0.445 e. The molecule has 0 aliphatic heterocycles. The van der Waals surface area contributed by atoms with Gasteiger partial charge in [0.05, 0.1) is 0 Å². The number of hydrogen-bond donors (Lipinski definition) is 3. The fourth-order valence-electron chi connectivity index (χ4n) is 3.20. The molecule has 32 heavy (non-hydrogen) atoms. The molecule has 0 radical (unpaired) electrons. The number of ether oxygens (including phenoxy) is 1. The molecule has 0 unspecified atom stereocenters. The van der Waals surface area contributed by atoms with E-state index in [4.69, 9.17) is 44.9 Å². The summed E-state index contributed by atoms with van der Waals surface area (Å²) in [5.41, 5.74) is 3.72. The molecule has 3 rings (SSSR count). The van der Waals surface area contributed by atoms with Crippen molar-refractivity contribution in [1.29, 1.82) is 5.41 Å². The van der Waals surface area contributed by atoms with Crippen LogP contribution in [0.3, 0.4) is 0 Å². The second-order valence-corrected chi connectivity index (χ2v) is 9.13. The summed E-state index contributed by atoms with van der Waals surface area (Å²) in [6.07, 6.45) is 5.30. The number of nitrogens with one attached hydrogen (secondary N) is 3. The van der Waals surface area contributed by atoms with E-state index >= 15 is 0 Å². The van der Waals surface area contributed by atoms with Gasteiger partial charge in [0.15, 0.2) is 0 Å². The Morgan fingerprint density at radius 1 is 1.09 bits per heavy atom. The molecule has 0 heterocycles. The van der Waals surface area contributed by atoms with Crippen molar-refractivity contribution in [2.45, 2.75) is 30.7 Å². The lowest BCUT2D eigenvalue weighted by Gasteiger charge is -2.23. The number of hydrogen-bond acceptors (Lipinski definition) is 5. The number of carbonyl (C=O) groups excluding carboxylic acids is 1. The molecule has 0 saturated heterocycles. The summed E-state index contributed by atoms with van der Waals surface area (Å²) >= 11 is 19.3. The molecule has 0 aromatic heterocycles. The van der Waals surface area contributed by atoms with Gasteiger partial charge in [-0.05, 0) is 90.4 Å². The Balaban J connectivity index is 1.58. The Bertz CT molecular complexity index is 1040. The van der Waals surface area contributed by atoms with Gasteiger partial charge in [0, 0.05) is 38.4 Å². The maximum absolute atomic E-state index is 12.0. The first-order valence-corrected chi connectivity index (χ1v) is 11.9. The molecule has 5 nitrogen and oxygen atoms in total. The number of amides is 1. The van der Waals surface area contributed by atoms with Crippen LogP contribution in [0.2, 0.25) is 15.1 Å². The standard InChI is InChI=1S/C23H22Cl3N3O2S/c24-18-6-8-20(9-7-18)32-29-23(30)31-11-10-15-2-1-3-16(13-27)22(15)28-14-17-4-5-19(25)12-21(17)26/h4-10,12-13,27-28H,1-3,11,14H2,(H,29,30)/b15-10+,27-13?. The van der Waals surface area contributed by atoms with Crippen molar-refractivity contribution in [3.8, 4) is 0 Å². The normalized spacial score (nSPS) is 14.9. The van der Waals surface area contributed by atoms with Crippen LogP contribution >= 0.6 is 46.8 Å². The third-order valence-corrected chi connectivity index (χ3v) is 6.40. The van der Waals surface area contributed by atoms with Crippen LogP contribution in [-0.4, -0.2) is 18.9 Å². The summed E-state index contributed by atoms with van der Waals surface area (Å²) in [6.45, 7) is 0.625. The monoisotopic (exact) mass is 509 g/mol. The van der Waals surface area contributed by atoms with Gasteiger partial charge in [-0.2, -0.15) is 0 Å². The summed E-state index contributed by atoms with van der Waals surface area (Å²) in [6, 6.07) is 12.5. The highest BCUT2D eigenvalue weighted by atomic mass is 35.5. The van der Waals surface area contributed by atoms with E-state index in [2.05, 4.69) is 10.0 Å². The van der Waals surface area contributed by atoms with Gasteiger partial charge in [-0.15, -0.1) is 0 Å². The van der Waals surface area contributed by atoms with E-state index in [9.17, 15) is 4.79 Å². The van der Waals surface area contributed by atoms with Crippen LogP contribution in [0.25, 0.3) is 0 Å². The second kappa shape index (κ2) is 12.2. The Labute approximate surface area is 206 Å². The van der Waals surface area contributed by atoms with Gasteiger partial charge in [-0.3, -0.25) is 4.72 Å². The zero-order valence-corrected chi connectivity index (χ0v) is 20.2. The number of benzene rings is 2. The Kier molecular flexibility index (Phi) is 9.36. The highest BCUT2D eigenvalue weighted by Crippen LogP contribution is 2.28. The zero-order chi connectivity index (χ0) is 22.9. The fraction of sp³-hybridized carbons (Fsp3) is 0.217. The molecule has 9 heteroatoms. The minimum Gasteiger partial charge on any atom is -0.445 e. The first-order chi connectivity index (χ1) is 15.5. The third-order valence-electron chi connectivity index (χ3n) is 4.79. The van der Waals surface area contributed by atoms with E-state index < -0.39 is 6.09 Å². The van der Waals surface area contributed by atoms with Gasteiger partial charge >= 0.3 is 6.09 Å². The topological polar surface area (TPSA) is 74.2 Å². The number of allylic oxidation sites excluding steroid dienone is 2. The lowest BCUT2D eigenvalue weighted by atomic mass is 9.91. The molecule has 3 N–H and O–H groups in total. The molecular formula is C23H22Cl3N3O2S. The molecular weight excluding hydrogens is 489 g/mol. The van der Waals surface area contributed by atoms with Crippen LogP contribution in [-0.2, 0) is 11.3 Å². The molecule has 1 amide bonds. The molecule has 0 spiro atoms. The average Bonchev–Trinajstić information content (AvgIpc) is 2.78. The van der Waals surface area contributed by atoms with Crippen LogP contribution < -0.4 is 10.0 Å². The van der Waals surface area contributed by atoms with Gasteiger partial charge in [0.25, 0.3) is 0 Å². The molecule has 2 aromatic rings. The predicted molar refractivity (Wildman–Crippen MR) is 133 cm³/mol. The average molecular weight is 511 g/mol. The minimum atomic E-state index is -0.531. The summed E-state index contributed by atoms with van der Waals surface area (Å²) in [4.78, 5) is 12.9. The maximum atomic E-state index is 12.0. The van der Waals surface area contributed by atoms with Crippen molar-refractivity contribution < 1.29 is 9.53 Å². The van der Waals surface area contributed by atoms with Crippen molar-refractivity contribution in [3.05, 3.63) is 86.0 Å². The molecule has 0 saturated carbocycles. The van der Waals surface area contributed by atoms with Gasteiger partial charge in [-0.1, -0.05) is 40.9 Å². The first kappa shape index (κ1) is 24.5. The quantitative estimate of drug-likeness (QED) is 0.260. The second-order valence-electron chi connectivity index (χ2n) is 6.97. The molecule has 0 bridgehead atoms. The van der Waals surface area contributed by atoms with Crippen molar-refractivity contribution >= 4 is 59.1 Å². The van der Waals surface area contributed by atoms with Gasteiger partial charge in [0.2, 0.25) is 0 Å². The van der Waals surface area contributed by atoms with Crippen LogP contribution in [0.4, 0.5) is 4.79 Å². The molecule has 2 aromatic carbocycles. The van der Waals surface area contributed by atoms with Gasteiger partial charge in [-0.25, -0.2) is 4.79 Å². The SMILES string of the molecule is N=CC1=C(NCc2ccc(Cl)cc2Cl)/C(=C/COC(=O)NSc2ccc(Cl)cc2)CCC1. The van der Waals surface area contributed by atoms with Crippen LogP contribution in [0.1, 0.15) is 24.8 Å². The summed E-state index contributed by atoms with van der Waals surface area (Å²) < 4.78 is 7.92. The lowest BCUT2D eigenvalue weighted by molar-refractivity contribution is 0.165. The summed E-state index contributed by atoms with van der Waals surface area (Å²) in [5.74, 6) is 0. The molecule has 1 aliphatic carbocycles. The van der Waals surface area contributed by atoms with Crippen LogP contribution in [0, 0.1) is 5.41 Å². The van der Waals surface area contributed by atoms with Crippen molar-refractivity contribution in [1.82, 2.24) is 10.0 Å². The molecule has 0 fully saturated rings. The third kappa shape index (κ3) is 7.20. The van der Waals surface area contributed by atoms with E-state index in [-0.39, 0.29) is 6.61 Å². The van der Waals surface area contributed by atoms with Crippen LogP contribution in [0.15, 0.2) is 70.3 Å². The first-order valence-electron chi connectivity index (χ1n) is 9.92. The van der Waals surface area contributed by atoms with Crippen molar-refractivity contribution in [3.63, 3.8) is 0 Å². The van der Waals surface area contributed by atoms with Crippen LogP contribution in [0.5, 0.6) is 0 Å². The Hall–Kier alpha value is -2.12. The van der Waals surface area contributed by atoms with E-state index in [0.29, 0.717) is 21.6 Å². The number of carbonyl (C=O) groups is 1. The van der Waals surface area contributed by atoms with Crippen molar-refractivity contribution in [2.75, 3.05) is 6.61 Å². The summed E-state index contributed by atoms with van der Waals surface area (Å²) in [5, 5.41) is 13.0.